The summed E-state index contributed by atoms with van der Waals surface area (Å²) in [5.41, 5.74) is 0.551. The van der Waals surface area contributed by atoms with Gasteiger partial charge in [-0.15, -0.1) is 0 Å². The molecule has 0 unspecified atom stereocenters. The average molecular weight is 318 g/mol. The van der Waals surface area contributed by atoms with Crippen LogP contribution in [0.15, 0.2) is 23.1 Å². The van der Waals surface area contributed by atoms with Gasteiger partial charge in [-0.25, -0.2) is 17.5 Å². The number of nitrogens with one attached hydrogen (secondary N) is 2. The Bertz CT molecular complexity index is 535. The molecule has 0 aromatic heterocycles. The fourth-order valence-corrected chi connectivity index (χ4v) is 3.11. The van der Waals surface area contributed by atoms with Crippen LogP contribution in [0.1, 0.15) is 25.8 Å². The fourth-order valence-electron chi connectivity index (χ4n) is 1.79. The molecular weight excluding hydrogens is 295 g/mol. The predicted octanol–water partition coefficient (Wildman–Crippen LogP) is 1.64. The number of rotatable bonds is 10. The second-order valence-electron chi connectivity index (χ2n) is 4.48. The highest BCUT2D eigenvalue weighted by Gasteiger charge is 2.18. The first-order chi connectivity index (χ1) is 10.0. The smallest absolute Gasteiger partial charge is 0.240 e. The van der Waals surface area contributed by atoms with Crippen LogP contribution in [0, 0.1) is 5.82 Å². The quantitative estimate of drug-likeness (QED) is 0.644. The Labute approximate surface area is 125 Å². The van der Waals surface area contributed by atoms with E-state index >= 15 is 0 Å². The average Bonchev–Trinajstić information content (AvgIpc) is 2.45. The van der Waals surface area contributed by atoms with Gasteiger partial charge in [-0.1, -0.05) is 13.0 Å². The lowest BCUT2D eigenvalue weighted by molar-refractivity contribution is 0.146. The summed E-state index contributed by atoms with van der Waals surface area (Å²) < 4.78 is 45.5. The van der Waals surface area contributed by atoms with Crippen LogP contribution < -0.4 is 10.0 Å². The second-order valence-corrected chi connectivity index (χ2v) is 6.22. The highest BCUT2D eigenvalue weighted by atomic mass is 32.2. The molecule has 0 saturated heterocycles. The van der Waals surface area contributed by atoms with Gasteiger partial charge in [-0.05, 0) is 37.6 Å². The maximum absolute atomic E-state index is 13.4. The topological polar surface area (TPSA) is 67.4 Å². The van der Waals surface area contributed by atoms with Gasteiger partial charge in [0, 0.05) is 26.3 Å². The number of ether oxygens (including phenoxy) is 1. The van der Waals surface area contributed by atoms with Crippen LogP contribution in [0.25, 0.3) is 0 Å². The normalized spacial score (nSPS) is 11.8. The number of halogens is 1. The van der Waals surface area contributed by atoms with E-state index in [4.69, 9.17) is 4.74 Å². The van der Waals surface area contributed by atoms with Gasteiger partial charge in [0.1, 0.15) is 5.82 Å². The molecule has 1 aromatic rings. The summed E-state index contributed by atoms with van der Waals surface area (Å²) >= 11 is 0. The first kappa shape index (κ1) is 18.0. The number of benzene rings is 1. The molecule has 0 saturated carbocycles. The molecule has 2 N–H and O–H groups in total. The Morgan fingerprint density at radius 3 is 2.71 bits per heavy atom. The van der Waals surface area contributed by atoms with E-state index in [9.17, 15) is 12.8 Å². The van der Waals surface area contributed by atoms with Crippen molar-refractivity contribution in [3.8, 4) is 0 Å². The van der Waals surface area contributed by atoms with E-state index in [0.29, 0.717) is 38.3 Å². The molecule has 0 aliphatic heterocycles. The summed E-state index contributed by atoms with van der Waals surface area (Å²) in [7, 11) is -3.72. The molecule has 0 aliphatic rings. The van der Waals surface area contributed by atoms with Crippen LogP contribution in [0.5, 0.6) is 0 Å². The van der Waals surface area contributed by atoms with Crippen LogP contribution in [-0.2, 0) is 21.3 Å². The van der Waals surface area contributed by atoms with Gasteiger partial charge in [0.25, 0.3) is 0 Å². The van der Waals surface area contributed by atoms with E-state index in [0.717, 1.165) is 6.07 Å². The molecule has 1 rings (SSSR count). The fraction of sp³-hybridized carbons (Fsp3) is 0.571. The van der Waals surface area contributed by atoms with Crippen LogP contribution in [-0.4, -0.2) is 34.7 Å². The van der Waals surface area contributed by atoms with Crippen LogP contribution in [0.4, 0.5) is 4.39 Å². The van der Waals surface area contributed by atoms with Gasteiger partial charge in [0.2, 0.25) is 10.0 Å². The predicted molar refractivity (Wildman–Crippen MR) is 80.1 cm³/mol. The van der Waals surface area contributed by atoms with Crippen molar-refractivity contribution in [2.75, 3.05) is 26.3 Å². The van der Waals surface area contributed by atoms with Gasteiger partial charge in [0.15, 0.2) is 0 Å². The van der Waals surface area contributed by atoms with Crippen molar-refractivity contribution in [1.82, 2.24) is 10.0 Å². The monoisotopic (exact) mass is 318 g/mol. The van der Waals surface area contributed by atoms with E-state index in [1.165, 1.54) is 12.1 Å². The van der Waals surface area contributed by atoms with Gasteiger partial charge in [-0.3, -0.25) is 0 Å². The first-order valence-corrected chi connectivity index (χ1v) is 8.56. The Balaban J connectivity index is 2.78. The number of hydrogen-bond donors (Lipinski definition) is 2. The van der Waals surface area contributed by atoms with Crippen molar-refractivity contribution in [2.45, 2.75) is 31.7 Å². The van der Waals surface area contributed by atoms with Crippen LogP contribution >= 0.6 is 0 Å². The van der Waals surface area contributed by atoms with Crippen molar-refractivity contribution < 1.29 is 17.5 Å². The third kappa shape index (κ3) is 6.09. The maximum atomic E-state index is 13.4. The minimum atomic E-state index is -3.72. The summed E-state index contributed by atoms with van der Waals surface area (Å²) in [6, 6.07) is 3.81. The lowest BCUT2D eigenvalue weighted by Crippen LogP contribution is -2.27. The SMILES string of the molecule is CCNCc1ccc(F)cc1S(=O)(=O)NCCCOCC. The number of sulfonamides is 1. The molecule has 1 aromatic carbocycles. The molecule has 0 aliphatic carbocycles. The molecule has 21 heavy (non-hydrogen) atoms. The third-order valence-corrected chi connectivity index (χ3v) is 4.39. The van der Waals surface area contributed by atoms with Crippen LogP contribution in [0.3, 0.4) is 0 Å². The Kier molecular flexibility index (Phi) is 7.81. The second kappa shape index (κ2) is 9.09. The molecule has 0 heterocycles. The summed E-state index contributed by atoms with van der Waals surface area (Å²) in [6.45, 7) is 6.24. The number of hydrogen-bond acceptors (Lipinski definition) is 4. The van der Waals surface area contributed by atoms with Crippen molar-refractivity contribution in [3.63, 3.8) is 0 Å². The van der Waals surface area contributed by atoms with E-state index < -0.39 is 15.8 Å². The highest BCUT2D eigenvalue weighted by molar-refractivity contribution is 7.89. The van der Waals surface area contributed by atoms with Crippen molar-refractivity contribution in [1.29, 1.82) is 0 Å². The zero-order valence-corrected chi connectivity index (χ0v) is 13.3. The van der Waals surface area contributed by atoms with Gasteiger partial charge < -0.3 is 10.1 Å². The minimum Gasteiger partial charge on any atom is -0.382 e. The summed E-state index contributed by atoms with van der Waals surface area (Å²) in [5.74, 6) is -0.565. The molecular formula is C14H23FN2O3S. The highest BCUT2D eigenvalue weighted by Crippen LogP contribution is 2.17. The molecule has 0 atom stereocenters. The Morgan fingerprint density at radius 1 is 1.29 bits per heavy atom. The van der Waals surface area contributed by atoms with E-state index in [1.807, 2.05) is 13.8 Å². The van der Waals surface area contributed by atoms with Crippen molar-refractivity contribution >= 4 is 10.0 Å². The Hall–Kier alpha value is -1.02. The molecule has 0 amide bonds. The molecule has 0 bridgehead atoms. The van der Waals surface area contributed by atoms with Gasteiger partial charge >= 0.3 is 0 Å². The van der Waals surface area contributed by atoms with E-state index in [-0.39, 0.29) is 11.4 Å². The molecule has 120 valence electrons. The van der Waals surface area contributed by atoms with Crippen molar-refractivity contribution in [2.24, 2.45) is 0 Å². The third-order valence-electron chi connectivity index (χ3n) is 2.85. The molecule has 0 radical (unpaired) electrons. The molecule has 0 fully saturated rings. The first-order valence-electron chi connectivity index (χ1n) is 7.07. The molecule has 7 heteroatoms. The maximum Gasteiger partial charge on any atom is 0.240 e. The van der Waals surface area contributed by atoms with E-state index in [2.05, 4.69) is 10.0 Å². The van der Waals surface area contributed by atoms with E-state index in [1.54, 1.807) is 0 Å². The lowest BCUT2D eigenvalue weighted by Gasteiger charge is -2.12. The standard InChI is InChI=1S/C14H23FN2O3S/c1-3-16-11-12-6-7-13(15)10-14(12)21(18,19)17-8-5-9-20-4-2/h6-7,10,16-17H,3-5,8-9,11H2,1-2H3. The van der Waals surface area contributed by atoms with Crippen molar-refractivity contribution in [3.05, 3.63) is 29.6 Å². The Morgan fingerprint density at radius 2 is 2.05 bits per heavy atom. The summed E-state index contributed by atoms with van der Waals surface area (Å²) in [6.07, 6.45) is 0.574. The lowest BCUT2D eigenvalue weighted by atomic mass is 10.2. The summed E-state index contributed by atoms with van der Waals surface area (Å²) in [5, 5.41) is 3.05. The zero-order valence-electron chi connectivity index (χ0n) is 12.5. The zero-order chi connectivity index (χ0) is 15.7. The van der Waals surface area contributed by atoms with Gasteiger partial charge in [-0.2, -0.15) is 0 Å². The van der Waals surface area contributed by atoms with Gasteiger partial charge in [0.05, 0.1) is 4.90 Å². The summed E-state index contributed by atoms with van der Waals surface area (Å²) in [4.78, 5) is -0.0140. The molecule has 0 spiro atoms. The van der Waals surface area contributed by atoms with Crippen LogP contribution in [0.2, 0.25) is 0 Å². The minimum absolute atomic E-state index is 0.0140. The molecule has 5 nitrogen and oxygen atoms in total. The largest absolute Gasteiger partial charge is 0.382 e.